The van der Waals surface area contributed by atoms with E-state index < -0.39 is 0 Å². The molecule has 2 rings (SSSR count). The first-order valence-corrected chi connectivity index (χ1v) is 7.52. The lowest BCUT2D eigenvalue weighted by Gasteiger charge is -2.07. The average Bonchev–Trinajstić information content (AvgIpc) is 2.76. The maximum atomic E-state index is 11.9. The van der Waals surface area contributed by atoms with Crippen LogP contribution in [-0.4, -0.2) is 19.7 Å². The number of nitrogen functional groups attached to an aromatic ring is 1. The quantitative estimate of drug-likeness (QED) is 0.873. The zero-order valence-corrected chi connectivity index (χ0v) is 13.5. The van der Waals surface area contributed by atoms with Crippen molar-refractivity contribution in [2.24, 2.45) is 0 Å². The summed E-state index contributed by atoms with van der Waals surface area (Å²) >= 11 is 1.36. The van der Waals surface area contributed by atoms with Crippen LogP contribution in [0, 0.1) is 13.8 Å². The number of methoxy groups -OCH3 is 1. The highest BCUT2D eigenvalue weighted by atomic mass is 32.1. The van der Waals surface area contributed by atoms with Crippen LogP contribution in [0.1, 0.15) is 27.7 Å². The fourth-order valence-corrected chi connectivity index (χ4v) is 3.23. The number of carbonyl (C=O) groups is 1. The van der Waals surface area contributed by atoms with Gasteiger partial charge in [-0.2, -0.15) is 0 Å². The van der Waals surface area contributed by atoms with E-state index in [0.29, 0.717) is 17.2 Å². The minimum Gasteiger partial charge on any atom is -0.496 e. The van der Waals surface area contributed by atoms with Crippen molar-refractivity contribution in [3.8, 4) is 16.2 Å². The monoisotopic (exact) mass is 305 g/mol. The van der Waals surface area contributed by atoms with Gasteiger partial charge >= 0.3 is 5.97 Å². The largest absolute Gasteiger partial charge is 0.496 e. The summed E-state index contributed by atoms with van der Waals surface area (Å²) in [5.74, 6) is 0.449. The molecule has 0 aliphatic rings. The molecule has 1 heterocycles. The lowest BCUT2D eigenvalue weighted by Crippen LogP contribution is -2.05. The SMILES string of the molecule is CCOC(=O)c1sc(-c2ccc(C)c(OC)c2)c(C)c1N. The van der Waals surface area contributed by atoms with Crippen LogP contribution >= 0.6 is 11.3 Å². The van der Waals surface area contributed by atoms with Crippen LogP contribution in [0.2, 0.25) is 0 Å². The molecule has 0 unspecified atom stereocenters. The highest BCUT2D eigenvalue weighted by molar-refractivity contribution is 7.18. The van der Waals surface area contributed by atoms with Gasteiger partial charge in [0.25, 0.3) is 0 Å². The predicted octanol–water partition coefficient (Wildman–Crippen LogP) is 3.80. The third-order valence-corrected chi connectivity index (χ3v) is 4.66. The summed E-state index contributed by atoms with van der Waals surface area (Å²) < 4.78 is 10.4. The second-order valence-electron chi connectivity index (χ2n) is 4.70. The van der Waals surface area contributed by atoms with Gasteiger partial charge in [-0.15, -0.1) is 11.3 Å². The van der Waals surface area contributed by atoms with Gasteiger partial charge in [-0.1, -0.05) is 12.1 Å². The molecule has 0 radical (unpaired) electrons. The van der Waals surface area contributed by atoms with Crippen molar-refractivity contribution >= 4 is 23.0 Å². The lowest BCUT2D eigenvalue weighted by atomic mass is 10.1. The van der Waals surface area contributed by atoms with Crippen molar-refractivity contribution in [3.63, 3.8) is 0 Å². The Bertz CT molecular complexity index is 676. The molecule has 0 bridgehead atoms. The highest BCUT2D eigenvalue weighted by Gasteiger charge is 2.20. The number of hydrogen-bond donors (Lipinski definition) is 1. The summed E-state index contributed by atoms with van der Waals surface area (Å²) in [5.41, 5.74) is 9.49. The first-order chi connectivity index (χ1) is 9.99. The number of anilines is 1. The van der Waals surface area contributed by atoms with Gasteiger partial charge in [0.2, 0.25) is 0 Å². The first kappa shape index (κ1) is 15.4. The number of carbonyl (C=O) groups excluding carboxylic acids is 1. The van der Waals surface area contributed by atoms with Gasteiger partial charge in [0.15, 0.2) is 0 Å². The van der Waals surface area contributed by atoms with Gasteiger partial charge in [0.05, 0.1) is 19.4 Å². The molecule has 112 valence electrons. The Morgan fingerprint density at radius 1 is 1.33 bits per heavy atom. The van der Waals surface area contributed by atoms with Crippen molar-refractivity contribution in [1.82, 2.24) is 0 Å². The summed E-state index contributed by atoms with van der Waals surface area (Å²) in [6.07, 6.45) is 0. The number of benzene rings is 1. The lowest BCUT2D eigenvalue weighted by molar-refractivity contribution is 0.0533. The Kier molecular flexibility index (Phi) is 4.53. The summed E-state index contributed by atoms with van der Waals surface area (Å²) in [6.45, 7) is 6.02. The second kappa shape index (κ2) is 6.18. The maximum absolute atomic E-state index is 11.9. The van der Waals surface area contributed by atoms with Gasteiger partial charge in [-0.25, -0.2) is 4.79 Å². The van der Waals surface area contributed by atoms with Gasteiger partial charge in [0, 0.05) is 4.88 Å². The summed E-state index contributed by atoms with van der Waals surface area (Å²) in [5, 5.41) is 0. The molecule has 0 saturated carbocycles. The van der Waals surface area contributed by atoms with Gasteiger partial charge in [0.1, 0.15) is 10.6 Å². The fraction of sp³-hybridized carbons (Fsp3) is 0.312. The van der Waals surface area contributed by atoms with E-state index in [9.17, 15) is 4.79 Å². The molecule has 0 fully saturated rings. The summed E-state index contributed by atoms with van der Waals surface area (Å²) in [7, 11) is 1.64. The molecule has 5 heteroatoms. The molecule has 2 N–H and O–H groups in total. The third-order valence-electron chi connectivity index (χ3n) is 3.32. The molecule has 1 aromatic heterocycles. The van der Waals surface area contributed by atoms with Crippen LogP contribution in [0.15, 0.2) is 18.2 Å². The zero-order valence-electron chi connectivity index (χ0n) is 12.6. The van der Waals surface area contributed by atoms with Crippen LogP contribution in [-0.2, 0) is 4.74 Å². The molecule has 0 amide bonds. The number of thiophene rings is 1. The van der Waals surface area contributed by atoms with Gasteiger partial charge in [-0.3, -0.25) is 0 Å². The molecule has 2 aromatic rings. The smallest absolute Gasteiger partial charge is 0.350 e. The molecule has 0 atom stereocenters. The Hall–Kier alpha value is -2.01. The number of ether oxygens (including phenoxy) is 2. The van der Waals surface area contributed by atoms with Crippen molar-refractivity contribution < 1.29 is 14.3 Å². The Morgan fingerprint density at radius 3 is 2.67 bits per heavy atom. The van der Waals surface area contributed by atoms with E-state index in [4.69, 9.17) is 15.2 Å². The van der Waals surface area contributed by atoms with E-state index in [2.05, 4.69) is 0 Å². The van der Waals surface area contributed by atoms with Gasteiger partial charge in [-0.05, 0) is 43.5 Å². The second-order valence-corrected chi connectivity index (χ2v) is 5.72. The molecule has 0 spiro atoms. The molecule has 1 aromatic carbocycles. The van der Waals surface area contributed by atoms with Crippen LogP contribution in [0.4, 0.5) is 5.69 Å². The van der Waals surface area contributed by atoms with E-state index in [1.54, 1.807) is 14.0 Å². The summed E-state index contributed by atoms with van der Waals surface area (Å²) in [4.78, 5) is 13.4. The van der Waals surface area contributed by atoms with Crippen LogP contribution in [0.3, 0.4) is 0 Å². The third kappa shape index (κ3) is 2.88. The van der Waals surface area contributed by atoms with E-state index >= 15 is 0 Å². The molecule has 21 heavy (non-hydrogen) atoms. The zero-order chi connectivity index (χ0) is 15.6. The van der Waals surface area contributed by atoms with Gasteiger partial charge < -0.3 is 15.2 Å². The van der Waals surface area contributed by atoms with Crippen molar-refractivity contribution in [1.29, 1.82) is 0 Å². The standard InChI is InChI=1S/C16H19NO3S/c1-5-20-16(18)15-13(17)10(3)14(21-15)11-7-6-9(2)12(8-11)19-4/h6-8H,5,17H2,1-4H3. The van der Waals surface area contributed by atoms with Crippen LogP contribution in [0.25, 0.3) is 10.4 Å². The molecule has 0 saturated heterocycles. The summed E-state index contributed by atoms with van der Waals surface area (Å²) in [6, 6.07) is 5.96. The van der Waals surface area contributed by atoms with E-state index in [1.807, 2.05) is 32.0 Å². The average molecular weight is 305 g/mol. The van der Waals surface area contributed by atoms with Crippen LogP contribution < -0.4 is 10.5 Å². The molecule has 4 nitrogen and oxygen atoms in total. The maximum Gasteiger partial charge on any atom is 0.350 e. The number of hydrogen-bond acceptors (Lipinski definition) is 5. The predicted molar refractivity (Wildman–Crippen MR) is 86.1 cm³/mol. The van der Waals surface area contributed by atoms with E-state index in [-0.39, 0.29) is 5.97 Å². The molecular weight excluding hydrogens is 286 g/mol. The molecule has 0 aliphatic carbocycles. The van der Waals surface area contributed by atoms with Crippen LogP contribution in [0.5, 0.6) is 5.75 Å². The fourth-order valence-electron chi connectivity index (χ4n) is 2.11. The molecule has 0 aliphatic heterocycles. The number of aryl methyl sites for hydroxylation is 1. The minimum atomic E-state index is -0.367. The number of nitrogens with two attached hydrogens (primary N) is 1. The van der Waals surface area contributed by atoms with Crippen molar-refractivity contribution in [2.45, 2.75) is 20.8 Å². The Morgan fingerprint density at radius 2 is 2.05 bits per heavy atom. The minimum absolute atomic E-state index is 0.336. The first-order valence-electron chi connectivity index (χ1n) is 6.70. The topological polar surface area (TPSA) is 61.5 Å². The van der Waals surface area contributed by atoms with E-state index in [0.717, 1.165) is 27.3 Å². The Balaban J connectivity index is 2.50. The number of esters is 1. The normalized spacial score (nSPS) is 10.5. The van der Waals surface area contributed by atoms with Crippen molar-refractivity contribution in [3.05, 3.63) is 34.2 Å². The van der Waals surface area contributed by atoms with Crippen molar-refractivity contribution in [2.75, 3.05) is 19.5 Å². The Labute approximate surface area is 128 Å². The number of rotatable bonds is 4. The molecular formula is C16H19NO3S. The highest BCUT2D eigenvalue weighted by Crippen LogP contribution is 2.39. The van der Waals surface area contributed by atoms with E-state index in [1.165, 1.54) is 11.3 Å².